The number of hydrogen-bond acceptors (Lipinski definition) is 4. The highest BCUT2D eigenvalue weighted by Gasteiger charge is 2.12. The lowest BCUT2D eigenvalue weighted by Gasteiger charge is -2.11. The van der Waals surface area contributed by atoms with Gasteiger partial charge in [0.25, 0.3) is 5.91 Å². The van der Waals surface area contributed by atoms with Gasteiger partial charge in [-0.05, 0) is 30.7 Å². The molecule has 1 aromatic heterocycles. The molecule has 0 bridgehead atoms. The first kappa shape index (κ1) is 14.6. The number of carbonyl (C=O) groups excluding carboxylic acids is 1. The third-order valence-corrected chi connectivity index (χ3v) is 2.94. The van der Waals surface area contributed by atoms with Gasteiger partial charge in [0, 0.05) is 6.54 Å². The summed E-state index contributed by atoms with van der Waals surface area (Å²) in [6.07, 6.45) is 1.40. The van der Waals surface area contributed by atoms with Crippen LogP contribution in [0.15, 0.2) is 30.5 Å². The Labute approximate surface area is 126 Å². The molecule has 0 radical (unpaired) electrons. The lowest BCUT2D eigenvalue weighted by molar-refractivity contribution is 0.0956. The Morgan fingerprint density at radius 2 is 2.05 bits per heavy atom. The molecule has 0 fully saturated rings. The van der Waals surface area contributed by atoms with Crippen molar-refractivity contribution in [2.45, 2.75) is 6.92 Å². The molecule has 0 saturated heterocycles. The van der Waals surface area contributed by atoms with Crippen LogP contribution in [-0.2, 0) is 0 Å². The van der Waals surface area contributed by atoms with Gasteiger partial charge in [-0.1, -0.05) is 23.7 Å². The van der Waals surface area contributed by atoms with Crippen molar-refractivity contribution in [2.75, 3.05) is 11.9 Å². The molecule has 0 unspecified atom stereocenters. The molecule has 0 aliphatic carbocycles. The van der Waals surface area contributed by atoms with E-state index in [9.17, 15) is 4.79 Å². The van der Waals surface area contributed by atoms with Crippen molar-refractivity contribution in [1.29, 1.82) is 0 Å². The zero-order valence-electron chi connectivity index (χ0n) is 10.7. The summed E-state index contributed by atoms with van der Waals surface area (Å²) in [6.45, 7) is 2.41. The van der Waals surface area contributed by atoms with Crippen LogP contribution in [0.4, 0.5) is 11.5 Å². The first-order valence-corrected chi connectivity index (χ1v) is 6.69. The molecule has 104 valence electrons. The average Bonchev–Trinajstić information content (AvgIpc) is 2.44. The van der Waals surface area contributed by atoms with Crippen LogP contribution >= 0.6 is 23.2 Å². The van der Waals surface area contributed by atoms with E-state index in [-0.39, 0.29) is 11.2 Å². The van der Waals surface area contributed by atoms with E-state index < -0.39 is 0 Å². The molecule has 2 N–H and O–H groups in total. The lowest BCUT2D eigenvalue weighted by Crippen LogP contribution is -2.23. The second kappa shape index (κ2) is 6.54. The summed E-state index contributed by atoms with van der Waals surface area (Å²) in [5.41, 5.74) is 1.09. The number of anilines is 2. The highest BCUT2D eigenvalue weighted by atomic mass is 35.5. The van der Waals surface area contributed by atoms with E-state index in [4.69, 9.17) is 23.2 Å². The number of rotatable bonds is 4. The van der Waals surface area contributed by atoms with Gasteiger partial charge in [-0.2, -0.15) is 4.98 Å². The minimum atomic E-state index is -0.174. The molecule has 0 aliphatic heterocycles. The fraction of sp³-hybridized carbons (Fsp3) is 0.154. The topological polar surface area (TPSA) is 66.9 Å². The second-order valence-electron chi connectivity index (χ2n) is 3.87. The maximum Gasteiger partial charge on any atom is 0.253 e. The quantitative estimate of drug-likeness (QED) is 0.850. The van der Waals surface area contributed by atoms with E-state index in [1.54, 1.807) is 18.2 Å². The van der Waals surface area contributed by atoms with E-state index in [1.807, 2.05) is 13.0 Å². The first-order valence-electron chi connectivity index (χ1n) is 5.94. The molecule has 1 heterocycles. The Hall–Kier alpha value is -1.85. The Bertz CT molecular complexity index is 634. The van der Waals surface area contributed by atoms with Crippen LogP contribution in [0.1, 0.15) is 17.3 Å². The fourth-order valence-electron chi connectivity index (χ4n) is 1.61. The number of carbonyl (C=O) groups is 1. The fourth-order valence-corrected chi connectivity index (χ4v) is 1.88. The van der Waals surface area contributed by atoms with Crippen LogP contribution in [0.3, 0.4) is 0 Å². The van der Waals surface area contributed by atoms with Crippen molar-refractivity contribution >= 4 is 40.6 Å². The molecule has 1 aromatic carbocycles. The van der Waals surface area contributed by atoms with Crippen molar-refractivity contribution in [3.8, 4) is 0 Å². The van der Waals surface area contributed by atoms with Crippen LogP contribution in [0, 0.1) is 0 Å². The van der Waals surface area contributed by atoms with Crippen LogP contribution in [0.25, 0.3) is 0 Å². The van der Waals surface area contributed by atoms with Crippen LogP contribution in [0.5, 0.6) is 0 Å². The normalized spacial score (nSPS) is 10.2. The molecule has 0 saturated carbocycles. The van der Waals surface area contributed by atoms with E-state index in [0.717, 1.165) is 0 Å². The zero-order chi connectivity index (χ0) is 14.5. The number of para-hydroxylation sites is 1. The van der Waals surface area contributed by atoms with Crippen molar-refractivity contribution in [2.24, 2.45) is 0 Å². The summed E-state index contributed by atoms with van der Waals surface area (Å²) in [7, 11) is 0. The van der Waals surface area contributed by atoms with Gasteiger partial charge >= 0.3 is 0 Å². The van der Waals surface area contributed by atoms with Gasteiger partial charge in [0.2, 0.25) is 5.28 Å². The SMILES string of the molecule is CCNC(=O)c1ccccc1Nc1nc(Cl)ncc1Cl. The van der Waals surface area contributed by atoms with Crippen molar-refractivity contribution < 1.29 is 4.79 Å². The molecular weight excluding hydrogens is 299 g/mol. The van der Waals surface area contributed by atoms with E-state index in [2.05, 4.69) is 20.6 Å². The summed E-state index contributed by atoms with van der Waals surface area (Å²) in [4.78, 5) is 19.7. The summed E-state index contributed by atoms with van der Waals surface area (Å²) >= 11 is 11.7. The van der Waals surface area contributed by atoms with Crippen molar-refractivity contribution in [3.05, 3.63) is 46.3 Å². The first-order chi connectivity index (χ1) is 9.61. The molecule has 20 heavy (non-hydrogen) atoms. The maximum absolute atomic E-state index is 12.0. The lowest BCUT2D eigenvalue weighted by atomic mass is 10.1. The highest BCUT2D eigenvalue weighted by Crippen LogP contribution is 2.25. The Balaban J connectivity index is 2.34. The van der Waals surface area contributed by atoms with E-state index in [1.165, 1.54) is 6.20 Å². The van der Waals surface area contributed by atoms with Gasteiger partial charge in [0.15, 0.2) is 5.82 Å². The van der Waals surface area contributed by atoms with E-state index in [0.29, 0.717) is 28.6 Å². The molecule has 2 aromatic rings. The molecule has 0 spiro atoms. The average molecular weight is 311 g/mol. The van der Waals surface area contributed by atoms with Gasteiger partial charge in [0.05, 0.1) is 17.4 Å². The van der Waals surface area contributed by atoms with Crippen LogP contribution in [-0.4, -0.2) is 22.4 Å². The minimum absolute atomic E-state index is 0.0763. The molecule has 7 heteroatoms. The third-order valence-electron chi connectivity index (χ3n) is 2.48. The Morgan fingerprint density at radius 3 is 2.80 bits per heavy atom. The molecule has 0 aliphatic rings. The van der Waals surface area contributed by atoms with Crippen molar-refractivity contribution in [3.63, 3.8) is 0 Å². The summed E-state index contributed by atoms with van der Waals surface area (Å²) in [5.74, 6) is 0.176. The number of nitrogens with one attached hydrogen (secondary N) is 2. The summed E-state index contributed by atoms with van der Waals surface area (Å²) < 4.78 is 0. The number of benzene rings is 1. The smallest absolute Gasteiger partial charge is 0.253 e. The minimum Gasteiger partial charge on any atom is -0.352 e. The number of nitrogens with zero attached hydrogens (tertiary/aromatic N) is 2. The molecule has 0 atom stereocenters. The summed E-state index contributed by atoms with van der Waals surface area (Å²) in [5, 5.41) is 6.13. The van der Waals surface area contributed by atoms with Crippen LogP contribution in [0.2, 0.25) is 10.3 Å². The number of amides is 1. The zero-order valence-corrected chi connectivity index (χ0v) is 12.2. The highest BCUT2D eigenvalue weighted by molar-refractivity contribution is 6.33. The second-order valence-corrected chi connectivity index (χ2v) is 4.61. The van der Waals surface area contributed by atoms with Gasteiger partial charge < -0.3 is 10.6 Å². The summed E-state index contributed by atoms with van der Waals surface area (Å²) in [6, 6.07) is 7.06. The third kappa shape index (κ3) is 3.37. The van der Waals surface area contributed by atoms with Gasteiger partial charge in [0.1, 0.15) is 5.02 Å². The predicted octanol–water partition coefficient (Wildman–Crippen LogP) is 3.28. The Kier molecular flexibility index (Phi) is 4.76. The van der Waals surface area contributed by atoms with Gasteiger partial charge in [-0.25, -0.2) is 4.98 Å². The van der Waals surface area contributed by atoms with E-state index >= 15 is 0 Å². The largest absolute Gasteiger partial charge is 0.352 e. The Morgan fingerprint density at radius 1 is 1.30 bits per heavy atom. The number of hydrogen-bond donors (Lipinski definition) is 2. The van der Waals surface area contributed by atoms with Gasteiger partial charge in [-0.15, -0.1) is 0 Å². The predicted molar refractivity (Wildman–Crippen MR) is 79.8 cm³/mol. The molecule has 5 nitrogen and oxygen atoms in total. The maximum atomic E-state index is 12.0. The standard InChI is InChI=1S/C13H12Cl2N4O/c1-2-16-12(20)8-5-3-4-6-10(8)18-11-9(14)7-17-13(15)19-11/h3-7H,2H2,1H3,(H,16,20)(H,17,18,19). The molecule has 2 rings (SSSR count). The molecular formula is C13H12Cl2N4O. The van der Waals surface area contributed by atoms with Crippen LogP contribution < -0.4 is 10.6 Å². The number of aromatic nitrogens is 2. The molecule has 1 amide bonds. The van der Waals surface area contributed by atoms with Crippen molar-refractivity contribution in [1.82, 2.24) is 15.3 Å². The number of halogens is 2. The van der Waals surface area contributed by atoms with Gasteiger partial charge in [-0.3, -0.25) is 4.79 Å². The monoisotopic (exact) mass is 310 g/mol.